The average molecular weight is 521 g/mol. The molecule has 4 rings (SSSR count). The summed E-state index contributed by atoms with van der Waals surface area (Å²) in [7, 11) is 0. The zero-order chi connectivity index (χ0) is 29.0. The minimum absolute atomic E-state index is 0.112. The van der Waals surface area contributed by atoms with Crippen molar-refractivity contribution in [3.05, 3.63) is 113 Å². The van der Waals surface area contributed by atoms with Gasteiger partial charge in [0.2, 0.25) is 0 Å². The summed E-state index contributed by atoms with van der Waals surface area (Å²) in [6.07, 6.45) is 9.32. The third-order valence-corrected chi connectivity index (χ3v) is 7.61. The third-order valence-electron chi connectivity index (χ3n) is 7.61. The van der Waals surface area contributed by atoms with Crippen LogP contribution in [0.15, 0.2) is 85.0 Å². The number of allylic oxidation sites excluding steroid dienone is 4. The molecule has 0 amide bonds. The maximum absolute atomic E-state index is 2.45. The predicted molar refractivity (Wildman–Crippen MR) is 175 cm³/mol. The molecule has 0 N–H and O–H groups in total. The summed E-state index contributed by atoms with van der Waals surface area (Å²) in [5.41, 5.74) is 11.8. The van der Waals surface area contributed by atoms with E-state index in [2.05, 4.69) is 161 Å². The molecule has 0 fully saturated rings. The highest BCUT2D eigenvalue weighted by molar-refractivity contribution is 5.81. The molecule has 0 saturated carbocycles. The van der Waals surface area contributed by atoms with Crippen molar-refractivity contribution in [1.29, 1.82) is 0 Å². The lowest BCUT2D eigenvalue weighted by Gasteiger charge is -2.28. The van der Waals surface area contributed by atoms with Crippen molar-refractivity contribution in [3.8, 4) is 11.1 Å². The van der Waals surface area contributed by atoms with Crippen LogP contribution >= 0.6 is 0 Å². The number of benzene rings is 3. The second kappa shape index (κ2) is 12.1. The fourth-order valence-corrected chi connectivity index (χ4v) is 5.09. The van der Waals surface area contributed by atoms with Crippen molar-refractivity contribution in [2.45, 2.75) is 111 Å². The van der Waals surface area contributed by atoms with E-state index in [0.29, 0.717) is 5.92 Å². The Bertz CT molecular complexity index is 1260. The third kappa shape index (κ3) is 8.07. The fraction of sp³-hybridized carbons (Fsp3) is 0.436. The Hall–Kier alpha value is -2.86. The summed E-state index contributed by atoms with van der Waals surface area (Å²) in [6.45, 7) is 25.1. The van der Waals surface area contributed by atoms with Crippen LogP contribution in [0, 0.1) is 0 Å². The largest absolute Gasteiger partial charge is 0.0836 e. The first-order valence-electron chi connectivity index (χ1n) is 14.8. The van der Waals surface area contributed by atoms with E-state index in [9.17, 15) is 0 Å². The molecule has 0 bridgehead atoms. The number of hydrogen-bond acceptors (Lipinski definition) is 0. The Labute approximate surface area is 240 Å². The molecule has 0 atom stereocenters. The Morgan fingerprint density at radius 2 is 1.18 bits per heavy atom. The summed E-state index contributed by atoms with van der Waals surface area (Å²) in [4.78, 5) is 0. The van der Waals surface area contributed by atoms with Crippen LogP contribution in [0.25, 0.3) is 16.7 Å². The molecule has 0 aromatic heterocycles. The smallest absolute Gasteiger partial charge is 0.0125 e. The van der Waals surface area contributed by atoms with Crippen molar-refractivity contribution >= 4 is 5.57 Å². The summed E-state index contributed by atoms with van der Waals surface area (Å²) in [5.74, 6) is 0.496. The van der Waals surface area contributed by atoms with Crippen molar-refractivity contribution in [2.24, 2.45) is 0 Å². The summed E-state index contributed by atoms with van der Waals surface area (Å²) in [5, 5.41) is 0. The molecule has 208 valence electrons. The van der Waals surface area contributed by atoms with E-state index in [1.807, 2.05) is 0 Å². The second-order valence-corrected chi connectivity index (χ2v) is 14.5. The first-order valence-corrected chi connectivity index (χ1v) is 14.8. The minimum Gasteiger partial charge on any atom is -0.0836 e. The lowest BCUT2D eigenvalue weighted by Crippen LogP contribution is -2.15. The lowest BCUT2D eigenvalue weighted by atomic mass is 9.77. The van der Waals surface area contributed by atoms with E-state index >= 15 is 0 Å². The predicted octanol–water partition coefficient (Wildman–Crippen LogP) is 11.8. The van der Waals surface area contributed by atoms with Crippen LogP contribution in [0.2, 0.25) is 0 Å². The second-order valence-electron chi connectivity index (χ2n) is 14.5. The van der Waals surface area contributed by atoms with Crippen LogP contribution in [0.1, 0.15) is 123 Å². The van der Waals surface area contributed by atoms with Gasteiger partial charge in [0.05, 0.1) is 0 Å². The Morgan fingerprint density at radius 3 is 1.64 bits per heavy atom. The van der Waals surface area contributed by atoms with E-state index in [1.165, 1.54) is 44.5 Å². The van der Waals surface area contributed by atoms with Gasteiger partial charge in [-0.1, -0.05) is 149 Å². The van der Waals surface area contributed by atoms with Crippen molar-refractivity contribution in [1.82, 2.24) is 0 Å². The summed E-state index contributed by atoms with van der Waals surface area (Å²) >= 11 is 0. The maximum Gasteiger partial charge on any atom is -0.0125 e. The van der Waals surface area contributed by atoms with Gasteiger partial charge >= 0.3 is 0 Å². The lowest BCUT2D eigenvalue weighted by molar-refractivity contribution is 0.568. The summed E-state index contributed by atoms with van der Waals surface area (Å²) < 4.78 is 0. The molecule has 0 aliphatic heterocycles. The molecule has 0 saturated heterocycles. The fourth-order valence-electron chi connectivity index (χ4n) is 5.09. The molecule has 39 heavy (non-hydrogen) atoms. The highest BCUT2D eigenvalue weighted by Gasteiger charge is 2.23. The molecule has 0 heterocycles. The highest BCUT2D eigenvalue weighted by atomic mass is 14.3. The summed E-state index contributed by atoms with van der Waals surface area (Å²) in [6, 6.07) is 24.7. The van der Waals surface area contributed by atoms with Crippen LogP contribution in [-0.4, -0.2) is 0 Å². The number of hydrogen-bond donors (Lipinski definition) is 0. The van der Waals surface area contributed by atoms with E-state index in [0.717, 1.165) is 12.8 Å². The zero-order valence-electron chi connectivity index (χ0n) is 26.6. The van der Waals surface area contributed by atoms with Crippen LogP contribution in [0.4, 0.5) is 0 Å². The van der Waals surface area contributed by atoms with Gasteiger partial charge in [-0.25, -0.2) is 0 Å². The van der Waals surface area contributed by atoms with E-state index in [4.69, 9.17) is 0 Å². The van der Waals surface area contributed by atoms with Crippen LogP contribution in [0.5, 0.6) is 0 Å². The molecular formula is C39H52. The average Bonchev–Trinajstić information content (AvgIpc) is 2.88. The molecule has 1 aliphatic rings. The first kappa shape index (κ1) is 30.7. The number of rotatable bonds is 3. The SMILES string of the molecule is CC(C)(C)c1cccc(C(C)(C)C)c1.CC(C)c1cc(C2=CCCC=C2)c(C(C)(C)C)cc1-c1ccccc1. The van der Waals surface area contributed by atoms with Gasteiger partial charge in [0.1, 0.15) is 0 Å². The van der Waals surface area contributed by atoms with E-state index in [1.54, 1.807) is 0 Å². The van der Waals surface area contributed by atoms with Crippen molar-refractivity contribution in [3.63, 3.8) is 0 Å². The Kier molecular flexibility index (Phi) is 9.53. The monoisotopic (exact) mass is 520 g/mol. The van der Waals surface area contributed by atoms with Gasteiger partial charge in [0.25, 0.3) is 0 Å². The van der Waals surface area contributed by atoms with Crippen molar-refractivity contribution in [2.75, 3.05) is 0 Å². The van der Waals surface area contributed by atoms with Gasteiger partial charge in [-0.2, -0.15) is 0 Å². The van der Waals surface area contributed by atoms with Crippen LogP contribution in [-0.2, 0) is 16.2 Å². The molecule has 0 heteroatoms. The normalized spacial score (nSPS) is 14.1. The zero-order valence-corrected chi connectivity index (χ0v) is 26.6. The van der Waals surface area contributed by atoms with Gasteiger partial charge in [0, 0.05) is 0 Å². The standard InChI is InChI=1S/C25H30.C14H22/c1-18(2)21-16-23(20-14-10-7-11-15-20)24(25(3,4)5)17-22(21)19-12-8-6-9-13-19;1-13(2,3)11-8-7-9-12(10-11)14(4,5)6/h6,8-10,12-18H,7,11H2,1-5H3;7-10H,1-6H3. The molecule has 0 radical (unpaired) electrons. The van der Waals surface area contributed by atoms with Gasteiger partial charge in [0.15, 0.2) is 0 Å². The van der Waals surface area contributed by atoms with Crippen molar-refractivity contribution < 1.29 is 0 Å². The van der Waals surface area contributed by atoms with Gasteiger partial charge < -0.3 is 0 Å². The topological polar surface area (TPSA) is 0 Å². The van der Waals surface area contributed by atoms with Crippen LogP contribution < -0.4 is 0 Å². The molecule has 0 unspecified atom stereocenters. The van der Waals surface area contributed by atoms with E-state index < -0.39 is 0 Å². The molecule has 0 nitrogen and oxygen atoms in total. The molecular weight excluding hydrogens is 468 g/mol. The van der Waals surface area contributed by atoms with Gasteiger partial charge in [-0.15, -0.1) is 0 Å². The van der Waals surface area contributed by atoms with Crippen LogP contribution in [0.3, 0.4) is 0 Å². The molecule has 3 aromatic carbocycles. The van der Waals surface area contributed by atoms with E-state index in [-0.39, 0.29) is 16.2 Å². The van der Waals surface area contributed by atoms with Gasteiger partial charge in [-0.3, -0.25) is 0 Å². The Balaban J connectivity index is 0.000000255. The molecule has 0 spiro atoms. The quantitative estimate of drug-likeness (QED) is 0.322. The molecule has 1 aliphatic carbocycles. The molecule has 3 aromatic rings. The first-order chi connectivity index (χ1) is 18.1. The Morgan fingerprint density at radius 1 is 0.590 bits per heavy atom. The van der Waals surface area contributed by atoms with Gasteiger partial charge in [-0.05, 0) is 91.7 Å². The highest BCUT2D eigenvalue weighted by Crippen LogP contribution is 2.40. The maximum atomic E-state index is 2.45. The minimum atomic E-state index is 0.112.